The monoisotopic (exact) mass is 508 g/mol. The van der Waals surface area contributed by atoms with Crippen LogP contribution in [0.4, 0.5) is 5.95 Å². The lowest BCUT2D eigenvalue weighted by atomic mass is 10.1. The lowest BCUT2D eigenvalue weighted by Gasteiger charge is -2.09. The Bertz CT molecular complexity index is 1550. The molecular formula is C24H21ClN6O3S. The van der Waals surface area contributed by atoms with Crippen molar-refractivity contribution >= 4 is 33.4 Å². The van der Waals surface area contributed by atoms with Crippen molar-refractivity contribution in [2.45, 2.75) is 11.3 Å². The van der Waals surface area contributed by atoms with Gasteiger partial charge in [0.2, 0.25) is 16.0 Å². The number of hydrogen-bond acceptors (Lipinski definition) is 7. The molecule has 5 rings (SSSR count). The normalized spacial score (nSPS) is 11.7. The second-order valence-electron chi connectivity index (χ2n) is 7.63. The quantitative estimate of drug-likeness (QED) is 0.282. The number of anilines is 1. The van der Waals surface area contributed by atoms with Crippen LogP contribution in [0.1, 0.15) is 6.42 Å². The highest BCUT2D eigenvalue weighted by molar-refractivity contribution is 7.89. The zero-order chi connectivity index (χ0) is 24.3. The van der Waals surface area contributed by atoms with Gasteiger partial charge in [-0.15, -0.1) is 0 Å². The Kier molecular flexibility index (Phi) is 6.49. The van der Waals surface area contributed by atoms with Gasteiger partial charge >= 0.3 is 5.84 Å². The summed E-state index contributed by atoms with van der Waals surface area (Å²) in [6, 6.07) is 17.7. The molecule has 11 heteroatoms. The van der Waals surface area contributed by atoms with E-state index >= 15 is 0 Å². The number of oxazole rings is 1. The van der Waals surface area contributed by atoms with Crippen molar-refractivity contribution < 1.29 is 12.8 Å². The Morgan fingerprint density at radius 2 is 1.77 bits per heavy atom. The molecule has 178 valence electrons. The summed E-state index contributed by atoms with van der Waals surface area (Å²) in [4.78, 5) is 13.8. The predicted octanol–water partition coefficient (Wildman–Crippen LogP) is 4.49. The minimum absolute atomic E-state index is 0.173. The molecule has 2 N–H and O–H groups in total. The summed E-state index contributed by atoms with van der Waals surface area (Å²) < 4.78 is 34.7. The first-order chi connectivity index (χ1) is 17.0. The number of rotatable bonds is 9. The SMILES string of the molecule is O=S(=O)(NCCCNc1nccc(-c2c(-c3ccccc3)nc3occn23)n1)c1ccc(Cl)cc1. The van der Waals surface area contributed by atoms with Crippen molar-refractivity contribution in [3.63, 3.8) is 0 Å². The third-order valence-electron chi connectivity index (χ3n) is 5.26. The van der Waals surface area contributed by atoms with Crippen molar-refractivity contribution in [3.8, 4) is 22.6 Å². The molecule has 0 spiro atoms. The molecule has 0 atom stereocenters. The number of fused-ring (bicyclic) bond motifs is 1. The number of nitrogens with one attached hydrogen (secondary N) is 2. The van der Waals surface area contributed by atoms with Gasteiger partial charge in [0.05, 0.1) is 10.6 Å². The predicted molar refractivity (Wildman–Crippen MR) is 134 cm³/mol. The van der Waals surface area contributed by atoms with E-state index in [9.17, 15) is 8.42 Å². The van der Waals surface area contributed by atoms with Crippen LogP contribution in [0.5, 0.6) is 0 Å². The van der Waals surface area contributed by atoms with Crippen LogP contribution in [0.15, 0.2) is 88.6 Å². The second-order valence-corrected chi connectivity index (χ2v) is 9.83. The Morgan fingerprint density at radius 3 is 2.57 bits per heavy atom. The van der Waals surface area contributed by atoms with E-state index in [1.807, 2.05) is 40.8 Å². The van der Waals surface area contributed by atoms with E-state index in [1.54, 1.807) is 30.8 Å². The molecule has 0 unspecified atom stereocenters. The van der Waals surface area contributed by atoms with E-state index < -0.39 is 10.0 Å². The summed E-state index contributed by atoms with van der Waals surface area (Å²) in [7, 11) is -3.59. The summed E-state index contributed by atoms with van der Waals surface area (Å²) in [6.45, 7) is 0.736. The van der Waals surface area contributed by atoms with E-state index in [4.69, 9.17) is 16.0 Å². The molecule has 35 heavy (non-hydrogen) atoms. The fourth-order valence-corrected chi connectivity index (χ4v) is 4.80. The molecule has 0 bridgehead atoms. The van der Waals surface area contributed by atoms with Gasteiger partial charge in [0.15, 0.2) is 0 Å². The average Bonchev–Trinajstić information content (AvgIpc) is 3.46. The largest absolute Gasteiger partial charge is 0.432 e. The Hall–Kier alpha value is -3.73. The van der Waals surface area contributed by atoms with Crippen molar-refractivity contribution in [2.75, 3.05) is 18.4 Å². The molecule has 9 nitrogen and oxygen atoms in total. The highest BCUT2D eigenvalue weighted by Crippen LogP contribution is 2.32. The van der Waals surface area contributed by atoms with Crippen LogP contribution in [0.25, 0.3) is 28.5 Å². The highest BCUT2D eigenvalue weighted by Gasteiger charge is 2.19. The van der Waals surface area contributed by atoms with Gasteiger partial charge in [0, 0.05) is 36.1 Å². The molecule has 3 heterocycles. The number of aromatic nitrogens is 4. The number of benzene rings is 2. The minimum atomic E-state index is -3.59. The maximum Gasteiger partial charge on any atom is 0.306 e. The second kappa shape index (κ2) is 9.87. The van der Waals surface area contributed by atoms with E-state index in [0.29, 0.717) is 35.5 Å². The Labute approximate surface area is 206 Å². The van der Waals surface area contributed by atoms with Crippen molar-refractivity contribution in [2.24, 2.45) is 0 Å². The molecule has 0 aliphatic heterocycles. The molecule has 0 saturated heterocycles. The first-order valence-corrected chi connectivity index (χ1v) is 12.7. The minimum Gasteiger partial charge on any atom is -0.432 e. The summed E-state index contributed by atoms with van der Waals surface area (Å²) in [6.07, 6.45) is 5.58. The number of hydrogen-bond donors (Lipinski definition) is 2. The molecule has 0 radical (unpaired) electrons. The molecule has 5 aromatic rings. The average molecular weight is 509 g/mol. The van der Waals surface area contributed by atoms with Crippen LogP contribution in [-0.2, 0) is 10.0 Å². The van der Waals surface area contributed by atoms with Crippen molar-refractivity contribution in [3.05, 3.63) is 84.3 Å². The third kappa shape index (κ3) is 5.04. The fourth-order valence-electron chi connectivity index (χ4n) is 3.60. The maximum atomic E-state index is 12.4. The molecule has 0 fully saturated rings. The number of imidazole rings is 1. The maximum absolute atomic E-state index is 12.4. The number of halogens is 1. The Morgan fingerprint density at radius 1 is 0.971 bits per heavy atom. The van der Waals surface area contributed by atoms with Crippen LogP contribution in [0.2, 0.25) is 5.02 Å². The van der Waals surface area contributed by atoms with E-state index in [2.05, 4.69) is 25.0 Å². The molecule has 0 aliphatic carbocycles. The zero-order valence-corrected chi connectivity index (χ0v) is 20.0. The topological polar surface area (TPSA) is 114 Å². The van der Waals surface area contributed by atoms with Crippen LogP contribution in [0, 0.1) is 0 Å². The van der Waals surface area contributed by atoms with E-state index in [-0.39, 0.29) is 11.4 Å². The van der Waals surface area contributed by atoms with Gasteiger partial charge in [0.1, 0.15) is 17.7 Å². The van der Waals surface area contributed by atoms with Crippen molar-refractivity contribution in [1.29, 1.82) is 0 Å². The van der Waals surface area contributed by atoms with Crippen LogP contribution < -0.4 is 10.0 Å². The van der Waals surface area contributed by atoms with Gasteiger partial charge in [-0.25, -0.2) is 23.1 Å². The summed E-state index contributed by atoms with van der Waals surface area (Å²) >= 11 is 5.83. The first kappa shape index (κ1) is 23.0. The van der Waals surface area contributed by atoms with Crippen LogP contribution in [0.3, 0.4) is 0 Å². The molecule has 0 aliphatic rings. The molecule has 3 aromatic heterocycles. The number of sulfonamides is 1. The van der Waals surface area contributed by atoms with Crippen LogP contribution in [-0.4, -0.2) is 40.9 Å². The van der Waals surface area contributed by atoms with Gasteiger partial charge < -0.3 is 9.73 Å². The molecule has 0 saturated carbocycles. The Balaban J connectivity index is 1.26. The van der Waals surface area contributed by atoms with Gasteiger partial charge in [-0.2, -0.15) is 4.98 Å². The zero-order valence-electron chi connectivity index (χ0n) is 18.4. The molecule has 0 amide bonds. The first-order valence-electron chi connectivity index (χ1n) is 10.8. The summed E-state index contributed by atoms with van der Waals surface area (Å²) in [5.74, 6) is 0.903. The van der Waals surface area contributed by atoms with Gasteiger partial charge in [0.25, 0.3) is 0 Å². The molecular weight excluding hydrogens is 488 g/mol. The van der Waals surface area contributed by atoms with E-state index in [1.165, 1.54) is 12.1 Å². The highest BCUT2D eigenvalue weighted by atomic mass is 35.5. The molecule has 2 aromatic carbocycles. The van der Waals surface area contributed by atoms with Gasteiger partial charge in [-0.05, 0) is 36.8 Å². The number of nitrogens with zero attached hydrogens (tertiary/aromatic N) is 4. The van der Waals surface area contributed by atoms with Gasteiger partial charge in [-0.1, -0.05) is 41.9 Å². The fraction of sp³-hybridized carbons (Fsp3) is 0.125. The smallest absolute Gasteiger partial charge is 0.306 e. The standard InChI is InChI=1S/C24H21ClN6O3S/c25-18-7-9-19(10-8-18)35(32,33)28-13-4-12-26-23-27-14-11-20(29-23)22-21(17-5-2-1-3-6-17)30-24-31(22)15-16-34-24/h1-3,5-11,14-16,28H,4,12-13H2,(H,26,27,29). The lowest BCUT2D eigenvalue weighted by Crippen LogP contribution is -2.26. The third-order valence-corrected chi connectivity index (χ3v) is 6.99. The van der Waals surface area contributed by atoms with E-state index in [0.717, 1.165) is 17.0 Å². The lowest BCUT2D eigenvalue weighted by molar-refractivity contribution is 0.580. The van der Waals surface area contributed by atoms with Gasteiger partial charge in [-0.3, -0.25) is 4.40 Å². The van der Waals surface area contributed by atoms with Crippen molar-refractivity contribution in [1.82, 2.24) is 24.1 Å². The summed E-state index contributed by atoms with van der Waals surface area (Å²) in [5, 5.41) is 3.64. The van der Waals surface area contributed by atoms with Crippen LogP contribution >= 0.6 is 11.6 Å². The summed E-state index contributed by atoms with van der Waals surface area (Å²) in [5.41, 5.74) is 3.17.